The van der Waals surface area contributed by atoms with Crippen molar-refractivity contribution in [3.63, 3.8) is 0 Å². The average Bonchev–Trinajstić information content (AvgIpc) is 2.60. The Morgan fingerprint density at radius 2 is 2.17 bits per heavy atom. The van der Waals surface area contributed by atoms with Gasteiger partial charge in [0.2, 0.25) is 0 Å². The van der Waals surface area contributed by atoms with E-state index in [0.29, 0.717) is 31.4 Å². The Morgan fingerprint density at radius 3 is 2.71 bits per heavy atom. The number of carbonyl (C=O) groups excluding carboxylic acids is 1. The quantitative estimate of drug-likeness (QED) is 0.250. The van der Waals surface area contributed by atoms with E-state index in [1.807, 2.05) is 13.0 Å². The van der Waals surface area contributed by atoms with Gasteiger partial charge in [0.25, 0.3) is 0 Å². The van der Waals surface area contributed by atoms with Gasteiger partial charge in [0.15, 0.2) is 6.42 Å². The van der Waals surface area contributed by atoms with Gasteiger partial charge in [-0.25, -0.2) is 22.8 Å². The second-order valence-electron chi connectivity index (χ2n) is 5.48. The molecule has 1 rings (SSSR count). The Kier molecular flexibility index (Phi) is 7.58. The highest BCUT2D eigenvalue weighted by atomic mass is 16.5. The van der Waals surface area contributed by atoms with Crippen LogP contribution < -0.4 is 0 Å². The largest absolute Gasteiger partial charge is 0.517 e. The first kappa shape index (κ1) is 19.3. The molecule has 1 aliphatic carbocycles. The molecule has 0 N–H and O–H groups in total. The molecule has 0 amide bonds. The van der Waals surface area contributed by atoms with E-state index < -0.39 is 5.66 Å². The van der Waals surface area contributed by atoms with E-state index in [2.05, 4.69) is 33.8 Å². The summed E-state index contributed by atoms with van der Waals surface area (Å²) in [6.07, 6.45) is 5.41. The van der Waals surface area contributed by atoms with E-state index >= 15 is 0 Å². The summed E-state index contributed by atoms with van der Waals surface area (Å²) in [5, 5.41) is 0. The van der Waals surface area contributed by atoms with Gasteiger partial charge in [0.1, 0.15) is 5.57 Å². The highest BCUT2D eigenvalue weighted by Gasteiger charge is 2.52. The van der Waals surface area contributed by atoms with Crippen molar-refractivity contribution in [3.8, 4) is 11.8 Å². The number of rotatable bonds is 5. The Balaban J connectivity index is 3.22. The summed E-state index contributed by atoms with van der Waals surface area (Å²) in [4.78, 5) is 19.2. The highest BCUT2D eigenvalue weighted by Crippen LogP contribution is 2.41. The van der Waals surface area contributed by atoms with E-state index in [9.17, 15) is 4.79 Å². The topological polar surface area (TPSA) is 35.0 Å². The van der Waals surface area contributed by atoms with Gasteiger partial charge in [0, 0.05) is 12.3 Å². The molecule has 24 heavy (non-hydrogen) atoms. The lowest BCUT2D eigenvalue weighted by atomic mass is 9.75. The number of ether oxygens (including phenoxy) is 1. The number of hydrogen-bond acceptors (Lipinski definition) is 2. The Bertz CT molecular complexity index is 674. The predicted molar refractivity (Wildman–Crippen MR) is 93.3 cm³/mol. The fourth-order valence-electron chi connectivity index (χ4n) is 2.81. The number of carbonyl (C=O) groups is 1. The van der Waals surface area contributed by atoms with Crippen molar-refractivity contribution in [2.45, 2.75) is 45.2 Å². The van der Waals surface area contributed by atoms with Gasteiger partial charge in [-0.15, -0.1) is 11.7 Å². The molecule has 0 unspecified atom stereocenters. The molecule has 0 bridgehead atoms. The molecule has 0 aliphatic heterocycles. The van der Waals surface area contributed by atoms with Crippen molar-refractivity contribution in [3.05, 3.63) is 52.9 Å². The summed E-state index contributed by atoms with van der Waals surface area (Å²) >= 11 is 0. The van der Waals surface area contributed by atoms with Crippen molar-refractivity contribution in [2.24, 2.45) is 11.8 Å². The van der Waals surface area contributed by atoms with Gasteiger partial charge in [-0.2, -0.15) is 0 Å². The lowest BCUT2D eigenvalue weighted by molar-refractivity contribution is -0.148. The van der Waals surface area contributed by atoms with Gasteiger partial charge >= 0.3 is 11.6 Å². The predicted octanol–water partition coefficient (Wildman–Crippen LogP) is 4.18. The van der Waals surface area contributed by atoms with Gasteiger partial charge in [0.05, 0.1) is 12.5 Å². The van der Waals surface area contributed by atoms with E-state index in [-0.39, 0.29) is 24.2 Å². The van der Waals surface area contributed by atoms with Gasteiger partial charge in [-0.3, -0.25) is 4.79 Å². The van der Waals surface area contributed by atoms with Crippen LogP contribution in [0.15, 0.2) is 30.0 Å². The average molecular weight is 322 g/mol. The number of hydrogen-bond donors (Lipinski definition) is 0. The molecule has 0 aromatic rings. The zero-order valence-electron chi connectivity index (χ0n) is 14.3. The van der Waals surface area contributed by atoms with Gasteiger partial charge in [-0.05, 0) is 25.8 Å². The highest BCUT2D eigenvalue weighted by molar-refractivity contribution is 5.73. The number of esters is 1. The first-order valence-corrected chi connectivity index (χ1v) is 8.04. The standard InChI is InChI=1S/C20H22N2O2/c1-6-9-10-14-20(21-4,22-5)18-13-12-17(19(23)24-8-3)15-16(18)11-7-2/h11,13,16-17H,2,6,8,12,14-15H2,1,3H3/t16-,17+/m1/s1. The third kappa shape index (κ3) is 4.39. The smallest absolute Gasteiger partial charge is 0.466 e. The summed E-state index contributed by atoms with van der Waals surface area (Å²) in [5.74, 6) is 5.13. The van der Waals surface area contributed by atoms with Crippen LogP contribution in [0.1, 0.15) is 39.5 Å². The lowest BCUT2D eigenvalue weighted by Gasteiger charge is -2.26. The molecule has 0 saturated heterocycles. The van der Waals surface area contributed by atoms with Crippen LogP contribution in [-0.4, -0.2) is 18.2 Å². The summed E-state index contributed by atoms with van der Waals surface area (Å²) in [6, 6.07) is 0. The van der Waals surface area contributed by atoms with Crippen LogP contribution in [0, 0.1) is 36.8 Å². The Labute approximate surface area is 144 Å². The molecule has 4 nitrogen and oxygen atoms in total. The van der Waals surface area contributed by atoms with E-state index in [1.165, 1.54) is 0 Å². The van der Waals surface area contributed by atoms with Crippen molar-refractivity contribution < 1.29 is 9.53 Å². The molecule has 0 fully saturated rings. The van der Waals surface area contributed by atoms with Gasteiger partial charge in [-0.1, -0.05) is 25.5 Å². The summed E-state index contributed by atoms with van der Waals surface area (Å²) in [7, 11) is 0. The number of nitrogens with zero attached hydrogens (tertiary/aromatic N) is 2. The first-order chi connectivity index (χ1) is 11.6. The maximum Gasteiger partial charge on any atom is 0.517 e. The van der Waals surface area contributed by atoms with Crippen LogP contribution >= 0.6 is 0 Å². The lowest BCUT2D eigenvalue weighted by Crippen LogP contribution is -2.32. The van der Waals surface area contributed by atoms with Crippen molar-refractivity contribution in [1.82, 2.24) is 0 Å². The number of allylic oxidation sites excluding steroid dienone is 2. The minimum absolute atomic E-state index is 0.172. The molecule has 4 heteroatoms. The molecular weight excluding hydrogens is 300 g/mol. The van der Waals surface area contributed by atoms with Gasteiger partial charge < -0.3 is 4.74 Å². The molecule has 124 valence electrons. The van der Waals surface area contributed by atoms with Crippen molar-refractivity contribution in [2.75, 3.05) is 6.61 Å². The van der Waals surface area contributed by atoms with Crippen molar-refractivity contribution in [1.29, 1.82) is 0 Å². The SMILES string of the molecule is [C-]#[N+]C(CC#CCC)([N+]#[C-])C1=CC[C@H](C(=O)OCC)C[C@H]1C=C=C. The second-order valence-corrected chi connectivity index (χ2v) is 5.48. The van der Waals surface area contributed by atoms with Crippen molar-refractivity contribution >= 4 is 5.97 Å². The maximum atomic E-state index is 12.0. The molecule has 0 aromatic heterocycles. The fraction of sp³-hybridized carbons (Fsp3) is 0.500. The zero-order chi connectivity index (χ0) is 18.0. The minimum atomic E-state index is -1.33. The second kappa shape index (κ2) is 9.42. The Hall–Kier alpha value is -2.73. The van der Waals surface area contributed by atoms with Crippen LogP contribution in [0.2, 0.25) is 0 Å². The molecule has 0 aromatic carbocycles. The van der Waals surface area contributed by atoms with Crippen LogP contribution in [0.3, 0.4) is 0 Å². The molecule has 0 radical (unpaired) electrons. The summed E-state index contributed by atoms with van der Waals surface area (Å²) in [5.41, 5.74) is 2.11. The summed E-state index contributed by atoms with van der Waals surface area (Å²) < 4.78 is 5.10. The maximum absolute atomic E-state index is 12.0. The molecule has 0 saturated carbocycles. The third-order valence-electron chi connectivity index (χ3n) is 3.97. The first-order valence-electron chi connectivity index (χ1n) is 8.04. The molecule has 0 spiro atoms. The Morgan fingerprint density at radius 1 is 1.46 bits per heavy atom. The molecule has 1 aliphatic rings. The van der Waals surface area contributed by atoms with Crippen LogP contribution in [-0.2, 0) is 9.53 Å². The van der Waals surface area contributed by atoms with E-state index in [0.717, 1.165) is 0 Å². The van der Waals surface area contributed by atoms with E-state index in [1.54, 1.807) is 13.0 Å². The monoisotopic (exact) mass is 322 g/mol. The molecule has 2 atom stereocenters. The third-order valence-corrected chi connectivity index (χ3v) is 3.97. The van der Waals surface area contributed by atoms with Crippen LogP contribution in [0.4, 0.5) is 0 Å². The van der Waals surface area contributed by atoms with E-state index in [4.69, 9.17) is 17.9 Å². The van der Waals surface area contributed by atoms with Crippen LogP contribution in [0.5, 0.6) is 0 Å². The van der Waals surface area contributed by atoms with Crippen LogP contribution in [0.25, 0.3) is 9.69 Å². The zero-order valence-corrected chi connectivity index (χ0v) is 14.3. The molecular formula is C20H22N2O2. The normalized spacial score (nSPS) is 19.4. The fourth-order valence-corrected chi connectivity index (χ4v) is 2.81. The minimum Gasteiger partial charge on any atom is -0.466 e. The molecule has 0 heterocycles. The summed E-state index contributed by atoms with van der Waals surface area (Å²) in [6.45, 7) is 22.8.